The van der Waals surface area contributed by atoms with Crippen molar-refractivity contribution in [2.75, 3.05) is 5.75 Å². The average molecular weight is 352 g/mol. The van der Waals surface area contributed by atoms with Gasteiger partial charge in [0.05, 0.1) is 11.4 Å². The molecule has 3 rings (SSSR count). The zero-order valence-electron chi connectivity index (χ0n) is 14.8. The lowest BCUT2D eigenvalue weighted by atomic mass is 10.0. The van der Waals surface area contributed by atoms with Gasteiger partial charge < -0.3 is 0 Å². The highest BCUT2D eigenvalue weighted by atomic mass is 32.2. The van der Waals surface area contributed by atoms with Crippen LogP contribution in [-0.2, 0) is 0 Å². The normalized spacial score (nSPS) is 10.9. The molecular weight excluding hydrogens is 332 g/mol. The van der Waals surface area contributed by atoms with Crippen molar-refractivity contribution in [3.05, 3.63) is 64.2 Å². The molecule has 0 fully saturated rings. The quantitative estimate of drug-likeness (QED) is 0.515. The molecule has 0 saturated heterocycles. The van der Waals surface area contributed by atoms with Gasteiger partial charge in [0.15, 0.2) is 5.78 Å². The van der Waals surface area contributed by atoms with E-state index in [1.165, 1.54) is 17.3 Å². The minimum absolute atomic E-state index is 0.0815. The molecule has 6 heteroatoms. The van der Waals surface area contributed by atoms with E-state index < -0.39 is 0 Å². The third-order valence-electron chi connectivity index (χ3n) is 4.26. The molecule has 0 aliphatic heterocycles. The molecule has 0 saturated carbocycles. The Morgan fingerprint density at radius 1 is 1.08 bits per heavy atom. The lowest BCUT2D eigenvalue weighted by Gasteiger charge is -2.09. The molecule has 2 aromatic carbocycles. The number of nitrogens with zero attached hydrogens (tertiary/aromatic N) is 4. The first-order valence-electron chi connectivity index (χ1n) is 8.05. The second kappa shape index (κ2) is 7.19. The first-order chi connectivity index (χ1) is 12.0. The summed E-state index contributed by atoms with van der Waals surface area (Å²) >= 11 is 1.36. The van der Waals surface area contributed by atoms with Gasteiger partial charge in [-0.1, -0.05) is 47.7 Å². The van der Waals surface area contributed by atoms with Crippen molar-refractivity contribution in [1.29, 1.82) is 0 Å². The van der Waals surface area contributed by atoms with Gasteiger partial charge >= 0.3 is 0 Å². The largest absolute Gasteiger partial charge is 0.293 e. The predicted molar refractivity (Wildman–Crippen MR) is 99.6 cm³/mol. The number of thioether (sulfide) groups is 1. The lowest BCUT2D eigenvalue weighted by Crippen LogP contribution is -2.07. The van der Waals surface area contributed by atoms with Crippen molar-refractivity contribution in [2.45, 2.75) is 32.9 Å². The van der Waals surface area contributed by atoms with Crippen molar-refractivity contribution in [3.8, 4) is 5.69 Å². The maximum Gasteiger partial charge on any atom is 0.214 e. The number of ketones is 1. The summed E-state index contributed by atoms with van der Waals surface area (Å²) in [6.45, 7) is 8.08. The molecule has 1 aromatic heterocycles. The summed E-state index contributed by atoms with van der Waals surface area (Å²) in [5, 5.41) is 12.6. The summed E-state index contributed by atoms with van der Waals surface area (Å²) in [5.41, 5.74) is 6.14. The Bertz CT molecular complexity index is 933. The summed E-state index contributed by atoms with van der Waals surface area (Å²) in [4.78, 5) is 12.5. The number of hydrogen-bond donors (Lipinski definition) is 0. The topological polar surface area (TPSA) is 60.7 Å². The highest BCUT2D eigenvalue weighted by Crippen LogP contribution is 2.23. The third kappa shape index (κ3) is 3.64. The van der Waals surface area contributed by atoms with Gasteiger partial charge in [-0.05, 0) is 60.9 Å². The zero-order chi connectivity index (χ0) is 18.0. The highest BCUT2D eigenvalue weighted by Gasteiger charge is 2.15. The number of aromatic nitrogens is 4. The zero-order valence-corrected chi connectivity index (χ0v) is 15.6. The van der Waals surface area contributed by atoms with Crippen LogP contribution < -0.4 is 0 Å². The second-order valence-corrected chi connectivity index (χ2v) is 7.07. The number of aryl methyl sites for hydroxylation is 3. The predicted octanol–water partition coefficient (Wildman–Crippen LogP) is 3.87. The Hall–Kier alpha value is -2.47. The molecular formula is C19H20N4OS. The number of carbonyl (C=O) groups excluding carboxylic acids is 1. The van der Waals surface area contributed by atoms with Gasteiger partial charge in [0, 0.05) is 5.56 Å². The molecule has 0 amide bonds. The molecule has 0 bridgehead atoms. The minimum Gasteiger partial charge on any atom is -0.293 e. The summed E-state index contributed by atoms with van der Waals surface area (Å²) in [5.74, 6) is 0.382. The fourth-order valence-electron chi connectivity index (χ4n) is 2.72. The van der Waals surface area contributed by atoms with E-state index in [1.807, 2.05) is 51.1 Å². The molecule has 3 aromatic rings. The summed E-state index contributed by atoms with van der Waals surface area (Å²) in [7, 11) is 0. The van der Waals surface area contributed by atoms with Crippen LogP contribution in [0.15, 0.2) is 41.6 Å². The number of carbonyl (C=O) groups is 1. The minimum atomic E-state index is 0.0815. The molecule has 128 valence electrons. The van der Waals surface area contributed by atoms with E-state index in [9.17, 15) is 4.79 Å². The summed E-state index contributed by atoms with van der Waals surface area (Å²) < 4.78 is 1.70. The Morgan fingerprint density at radius 2 is 1.88 bits per heavy atom. The van der Waals surface area contributed by atoms with E-state index in [0.717, 1.165) is 27.9 Å². The maximum atomic E-state index is 12.5. The second-order valence-electron chi connectivity index (χ2n) is 6.12. The Kier molecular flexibility index (Phi) is 4.99. The van der Waals surface area contributed by atoms with E-state index in [0.29, 0.717) is 10.9 Å². The molecule has 0 aliphatic carbocycles. The van der Waals surface area contributed by atoms with Crippen LogP contribution in [0.3, 0.4) is 0 Å². The van der Waals surface area contributed by atoms with Crippen molar-refractivity contribution >= 4 is 17.5 Å². The molecule has 0 aliphatic rings. The molecule has 5 nitrogen and oxygen atoms in total. The first kappa shape index (κ1) is 17.4. The number of Topliss-reactive ketones (excluding diaryl/α,β-unsaturated/α-hetero) is 1. The van der Waals surface area contributed by atoms with Crippen molar-refractivity contribution < 1.29 is 4.79 Å². The van der Waals surface area contributed by atoms with E-state index in [-0.39, 0.29) is 5.78 Å². The van der Waals surface area contributed by atoms with Crippen LogP contribution in [0.5, 0.6) is 0 Å². The van der Waals surface area contributed by atoms with Gasteiger partial charge in [0.1, 0.15) is 0 Å². The van der Waals surface area contributed by atoms with Crippen molar-refractivity contribution in [2.24, 2.45) is 0 Å². The van der Waals surface area contributed by atoms with E-state index >= 15 is 0 Å². The SMILES string of the molecule is Cc1ccc(C(=O)CSc2nnnn2-c2cccc(C)c2C)c(C)c1. The monoisotopic (exact) mass is 352 g/mol. The number of tetrazole rings is 1. The summed E-state index contributed by atoms with van der Waals surface area (Å²) in [6, 6.07) is 11.9. The van der Waals surface area contributed by atoms with Crippen LogP contribution in [0.4, 0.5) is 0 Å². The van der Waals surface area contributed by atoms with E-state index in [4.69, 9.17) is 0 Å². The van der Waals surface area contributed by atoms with Crippen molar-refractivity contribution in [3.63, 3.8) is 0 Å². The maximum absolute atomic E-state index is 12.5. The number of hydrogen-bond acceptors (Lipinski definition) is 5. The Balaban J connectivity index is 1.80. The molecule has 1 heterocycles. The van der Waals surface area contributed by atoms with Crippen LogP contribution >= 0.6 is 11.8 Å². The molecule has 0 atom stereocenters. The van der Waals surface area contributed by atoms with Gasteiger partial charge in [0.2, 0.25) is 5.16 Å². The fraction of sp³-hybridized carbons (Fsp3) is 0.263. The first-order valence-corrected chi connectivity index (χ1v) is 9.04. The molecule has 0 unspecified atom stereocenters. The standard InChI is InChI=1S/C19H20N4OS/c1-12-8-9-16(14(3)10-12)18(24)11-25-19-20-21-22-23(19)17-7-5-6-13(2)15(17)4/h5-10H,11H2,1-4H3. The Morgan fingerprint density at radius 3 is 2.64 bits per heavy atom. The molecule has 0 N–H and O–H groups in total. The third-order valence-corrected chi connectivity index (χ3v) is 5.18. The van der Waals surface area contributed by atoms with Crippen LogP contribution in [0.1, 0.15) is 32.6 Å². The van der Waals surface area contributed by atoms with Gasteiger partial charge in [-0.15, -0.1) is 5.10 Å². The van der Waals surface area contributed by atoms with E-state index in [2.05, 4.69) is 28.5 Å². The fourth-order valence-corrected chi connectivity index (χ4v) is 3.49. The van der Waals surface area contributed by atoms with Crippen LogP contribution in [0, 0.1) is 27.7 Å². The molecule has 0 spiro atoms. The van der Waals surface area contributed by atoms with E-state index in [1.54, 1.807) is 4.68 Å². The van der Waals surface area contributed by atoms with Gasteiger partial charge in [0.25, 0.3) is 0 Å². The van der Waals surface area contributed by atoms with Gasteiger partial charge in [-0.3, -0.25) is 4.79 Å². The molecule has 25 heavy (non-hydrogen) atoms. The van der Waals surface area contributed by atoms with Crippen LogP contribution in [0.25, 0.3) is 5.69 Å². The average Bonchev–Trinajstić information content (AvgIpc) is 3.03. The van der Waals surface area contributed by atoms with Gasteiger partial charge in [-0.2, -0.15) is 4.68 Å². The Labute approximate surface area is 151 Å². The van der Waals surface area contributed by atoms with Crippen molar-refractivity contribution in [1.82, 2.24) is 20.2 Å². The smallest absolute Gasteiger partial charge is 0.214 e. The lowest BCUT2D eigenvalue weighted by molar-refractivity contribution is 0.102. The summed E-state index contributed by atoms with van der Waals surface area (Å²) in [6.07, 6.45) is 0. The number of rotatable bonds is 5. The van der Waals surface area contributed by atoms with Gasteiger partial charge in [-0.25, -0.2) is 0 Å². The highest BCUT2D eigenvalue weighted by molar-refractivity contribution is 7.99. The van der Waals surface area contributed by atoms with Crippen LogP contribution in [-0.4, -0.2) is 31.7 Å². The molecule has 0 radical (unpaired) electrons. The van der Waals surface area contributed by atoms with Crippen LogP contribution in [0.2, 0.25) is 0 Å². The number of benzene rings is 2.